The number of carbonyl (C=O) groups excluding carboxylic acids is 2. The van der Waals surface area contributed by atoms with Crippen molar-refractivity contribution in [1.82, 2.24) is 20.1 Å². The average molecular weight is 963 g/mol. The van der Waals surface area contributed by atoms with Crippen LogP contribution in [-0.2, 0) is 45.8 Å². The number of rotatable bonds is 24. The maximum atomic E-state index is 13.7. The standard InChI is InChI=1S/C48H52F2N4O11S2/c1-51-47(55)43-39-25-37(29-3-4-29)33(23-41(39)64-45(43)31-7-11-35(49)12-8-31)27-66(57,58)53-15-17-61-19-21-63-22-20-62-18-16-54-67(59,60)28-34-24-42-40(26-38(34)30-5-6-30)44(48(56)52-2)46(65-42)32-9-13-36(50)14-10-32/h7-14,23-26,29-30,53-54H,3-6,15-22,27-28H2,1-2H3,(H,51,55)(H,52,56). The second-order valence-corrected chi connectivity index (χ2v) is 20.2. The fourth-order valence-electron chi connectivity index (χ4n) is 8.10. The van der Waals surface area contributed by atoms with Crippen LogP contribution < -0.4 is 20.1 Å². The van der Waals surface area contributed by atoms with Crippen LogP contribution in [0.15, 0.2) is 81.6 Å². The Morgan fingerprint density at radius 1 is 0.567 bits per heavy atom. The van der Waals surface area contributed by atoms with Gasteiger partial charge in [-0.1, -0.05) is 0 Å². The van der Waals surface area contributed by atoms with E-state index in [9.17, 15) is 35.2 Å². The van der Waals surface area contributed by atoms with Gasteiger partial charge in [-0.3, -0.25) is 9.59 Å². The van der Waals surface area contributed by atoms with Crippen molar-refractivity contribution in [2.45, 2.75) is 49.0 Å². The summed E-state index contributed by atoms with van der Waals surface area (Å²) in [6, 6.07) is 18.3. The third-order valence-electron chi connectivity index (χ3n) is 11.6. The molecule has 2 aliphatic rings. The predicted octanol–water partition coefficient (Wildman–Crippen LogP) is 6.85. The lowest BCUT2D eigenvalue weighted by molar-refractivity contribution is 0.0167. The van der Waals surface area contributed by atoms with Crippen LogP contribution in [0.5, 0.6) is 0 Å². The van der Waals surface area contributed by atoms with Gasteiger partial charge in [0.05, 0.1) is 62.3 Å². The number of hydrogen-bond acceptors (Lipinski definition) is 11. The summed E-state index contributed by atoms with van der Waals surface area (Å²) in [6.07, 6.45) is 3.60. The van der Waals surface area contributed by atoms with Crippen LogP contribution in [0.3, 0.4) is 0 Å². The van der Waals surface area contributed by atoms with Crippen LogP contribution in [0, 0.1) is 11.6 Å². The van der Waals surface area contributed by atoms with Crippen molar-refractivity contribution in [3.63, 3.8) is 0 Å². The zero-order valence-electron chi connectivity index (χ0n) is 37.0. The van der Waals surface area contributed by atoms with Gasteiger partial charge in [-0.25, -0.2) is 35.1 Å². The van der Waals surface area contributed by atoms with E-state index < -0.39 is 31.7 Å². The topological polar surface area (TPSA) is 205 Å². The molecule has 4 N–H and O–H groups in total. The molecule has 19 heteroatoms. The summed E-state index contributed by atoms with van der Waals surface area (Å²) < 4.78 is 114. The molecule has 2 heterocycles. The highest BCUT2D eigenvalue weighted by Crippen LogP contribution is 2.47. The van der Waals surface area contributed by atoms with Crippen LogP contribution in [0.1, 0.15) is 80.5 Å². The summed E-state index contributed by atoms with van der Waals surface area (Å²) in [5.74, 6) is -1.32. The predicted molar refractivity (Wildman–Crippen MR) is 248 cm³/mol. The molecule has 2 aromatic heterocycles. The first-order chi connectivity index (χ1) is 32.2. The van der Waals surface area contributed by atoms with E-state index in [1.54, 1.807) is 12.1 Å². The summed E-state index contributed by atoms with van der Waals surface area (Å²) in [5, 5.41) is 6.40. The molecule has 6 aromatic rings. The monoisotopic (exact) mass is 962 g/mol. The maximum absolute atomic E-state index is 13.7. The van der Waals surface area contributed by atoms with Gasteiger partial charge < -0.3 is 33.7 Å². The highest BCUT2D eigenvalue weighted by molar-refractivity contribution is 7.88. The van der Waals surface area contributed by atoms with Gasteiger partial charge in [0.25, 0.3) is 11.8 Å². The molecule has 356 valence electrons. The fraction of sp³-hybridized carbons (Fsp3) is 0.375. The lowest BCUT2D eigenvalue weighted by atomic mass is 9.98. The molecule has 0 radical (unpaired) electrons. The number of furan rings is 2. The summed E-state index contributed by atoms with van der Waals surface area (Å²) >= 11 is 0. The lowest BCUT2D eigenvalue weighted by Crippen LogP contribution is -2.29. The number of halogens is 2. The van der Waals surface area contributed by atoms with E-state index in [0.29, 0.717) is 55.3 Å². The van der Waals surface area contributed by atoms with E-state index in [1.165, 1.54) is 62.6 Å². The van der Waals surface area contributed by atoms with Gasteiger partial charge in [0.2, 0.25) is 20.0 Å². The Balaban J connectivity index is 0.749. The highest BCUT2D eigenvalue weighted by Gasteiger charge is 2.33. The second kappa shape index (κ2) is 20.8. The summed E-state index contributed by atoms with van der Waals surface area (Å²) in [5.41, 5.74) is 5.17. The van der Waals surface area contributed by atoms with Gasteiger partial charge in [0.15, 0.2) is 0 Å². The van der Waals surface area contributed by atoms with E-state index in [2.05, 4.69) is 20.1 Å². The molecule has 2 fully saturated rings. The molecule has 67 heavy (non-hydrogen) atoms. The van der Waals surface area contributed by atoms with Gasteiger partial charge >= 0.3 is 0 Å². The number of amides is 2. The fourth-order valence-corrected chi connectivity index (χ4v) is 10.4. The number of fused-ring (bicyclic) bond motifs is 2. The molecule has 8 rings (SSSR count). The first-order valence-corrected chi connectivity index (χ1v) is 25.4. The summed E-state index contributed by atoms with van der Waals surface area (Å²) in [6.45, 7) is 1.16. The van der Waals surface area contributed by atoms with Crippen molar-refractivity contribution in [1.29, 1.82) is 0 Å². The van der Waals surface area contributed by atoms with Crippen LogP contribution in [0.2, 0.25) is 0 Å². The Labute approximate surface area is 387 Å². The van der Waals surface area contributed by atoms with Crippen LogP contribution in [0.25, 0.3) is 44.6 Å². The smallest absolute Gasteiger partial charge is 0.255 e. The van der Waals surface area contributed by atoms with Crippen molar-refractivity contribution < 1.29 is 58.3 Å². The van der Waals surface area contributed by atoms with Gasteiger partial charge in [0, 0.05) is 49.1 Å². The van der Waals surface area contributed by atoms with E-state index in [-0.39, 0.29) is 99.4 Å². The van der Waals surface area contributed by atoms with Crippen LogP contribution in [0.4, 0.5) is 8.78 Å². The molecule has 2 aliphatic carbocycles. The van der Waals surface area contributed by atoms with E-state index in [4.69, 9.17) is 23.0 Å². The second-order valence-electron chi connectivity index (χ2n) is 16.6. The number of sulfonamides is 2. The zero-order chi connectivity index (χ0) is 47.3. The Morgan fingerprint density at radius 3 is 1.27 bits per heavy atom. The Hall–Kier alpha value is -5.54. The third kappa shape index (κ3) is 11.8. The summed E-state index contributed by atoms with van der Waals surface area (Å²) in [7, 11) is -4.55. The van der Waals surface area contributed by atoms with Crippen molar-refractivity contribution in [3.05, 3.63) is 118 Å². The molecule has 15 nitrogen and oxygen atoms in total. The minimum absolute atomic E-state index is 0.0368. The van der Waals surface area contributed by atoms with Gasteiger partial charge in [-0.2, -0.15) is 0 Å². The average Bonchev–Trinajstić information content (AvgIpc) is 4.25. The Morgan fingerprint density at radius 2 is 0.925 bits per heavy atom. The molecular formula is C48H52F2N4O11S2. The molecule has 2 amide bonds. The van der Waals surface area contributed by atoms with Gasteiger partial charge in [0.1, 0.15) is 34.3 Å². The SMILES string of the molecule is CNC(=O)c1c(-c2ccc(F)cc2)oc2cc(CS(=O)(=O)NCCOCCOCCOCCNS(=O)(=O)Cc3cc4oc(-c5ccc(F)cc5)c(C(=O)NC)c4cc3C3CC3)c(C3CC3)cc12. The van der Waals surface area contributed by atoms with Crippen LogP contribution >= 0.6 is 0 Å². The molecule has 0 bridgehead atoms. The molecule has 0 unspecified atom stereocenters. The molecule has 4 aromatic carbocycles. The van der Waals surface area contributed by atoms with Crippen molar-refractivity contribution in [2.24, 2.45) is 0 Å². The van der Waals surface area contributed by atoms with E-state index in [1.807, 2.05) is 12.1 Å². The van der Waals surface area contributed by atoms with Crippen molar-refractivity contribution in [3.8, 4) is 22.6 Å². The van der Waals surface area contributed by atoms with E-state index >= 15 is 0 Å². The summed E-state index contributed by atoms with van der Waals surface area (Å²) in [4.78, 5) is 26.0. The van der Waals surface area contributed by atoms with Gasteiger partial charge in [-0.15, -0.1) is 0 Å². The molecular weight excluding hydrogens is 911 g/mol. The zero-order valence-corrected chi connectivity index (χ0v) is 38.7. The first-order valence-electron chi connectivity index (χ1n) is 22.1. The minimum atomic E-state index is -3.78. The molecule has 0 saturated heterocycles. The van der Waals surface area contributed by atoms with Gasteiger partial charge in [-0.05, 0) is 133 Å². The number of benzene rings is 4. The normalized spacial score (nSPS) is 14.3. The highest BCUT2D eigenvalue weighted by atomic mass is 32.2. The quantitative estimate of drug-likeness (QED) is 0.0462. The maximum Gasteiger partial charge on any atom is 0.255 e. The van der Waals surface area contributed by atoms with Crippen molar-refractivity contribution in [2.75, 3.05) is 66.8 Å². The number of ether oxygens (including phenoxy) is 3. The van der Waals surface area contributed by atoms with Crippen molar-refractivity contribution >= 4 is 53.8 Å². The molecule has 2 saturated carbocycles. The third-order valence-corrected chi connectivity index (χ3v) is 14.3. The largest absolute Gasteiger partial charge is 0.455 e. The van der Waals surface area contributed by atoms with E-state index in [0.717, 1.165) is 36.8 Å². The number of carbonyl (C=O) groups is 2. The molecule has 0 spiro atoms. The van der Waals surface area contributed by atoms with Crippen LogP contribution in [-0.4, -0.2) is 95.5 Å². The lowest BCUT2D eigenvalue weighted by Gasteiger charge is -2.12. The molecule has 0 aliphatic heterocycles. The minimum Gasteiger partial charge on any atom is -0.455 e. The number of nitrogens with one attached hydrogen (secondary N) is 4. The number of hydrogen-bond donors (Lipinski definition) is 4. The Kier molecular flexibility index (Phi) is 14.9. The first kappa shape index (κ1) is 47.9. The molecule has 0 atom stereocenters. The Bertz CT molecular complexity index is 2780.